The van der Waals surface area contributed by atoms with E-state index in [4.69, 9.17) is 19.2 Å². The highest BCUT2D eigenvalue weighted by atomic mass is 16.5. The minimum atomic E-state index is -0.641. The Hall–Kier alpha value is -6.86. The molecule has 7 rings (SSSR count). The van der Waals surface area contributed by atoms with Gasteiger partial charge < -0.3 is 34.5 Å². The van der Waals surface area contributed by atoms with Crippen LogP contribution >= 0.6 is 0 Å². The number of aromatic nitrogens is 1. The molecule has 0 aliphatic carbocycles. The molecule has 65 heavy (non-hydrogen) atoms. The molecule has 338 valence electrons. The third-order valence-electron chi connectivity index (χ3n) is 12.1. The van der Waals surface area contributed by atoms with Gasteiger partial charge in [-0.2, -0.15) is 0 Å². The van der Waals surface area contributed by atoms with Crippen molar-refractivity contribution in [1.29, 1.82) is 0 Å². The van der Waals surface area contributed by atoms with E-state index in [0.29, 0.717) is 55.2 Å². The molecule has 2 unspecified atom stereocenters. The first kappa shape index (κ1) is 46.1. The van der Waals surface area contributed by atoms with Crippen molar-refractivity contribution in [2.75, 3.05) is 32.7 Å². The summed E-state index contributed by atoms with van der Waals surface area (Å²) in [5.74, 6) is -0.343. The molecule has 1 saturated heterocycles. The number of carbonyl (C=O) groups excluding carboxylic acids is 5. The number of pyridine rings is 1. The number of rotatable bonds is 20. The summed E-state index contributed by atoms with van der Waals surface area (Å²) in [6.45, 7) is 6.46. The molecule has 0 saturated carbocycles. The number of piperidine rings is 1. The normalized spacial score (nSPS) is 15.2. The van der Waals surface area contributed by atoms with Gasteiger partial charge in [0, 0.05) is 61.0 Å². The van der Waals surface area contributed by atoms with Gasteiger partial charge in [-0.3, -0.25) is 24.5 Å². The van der Waals surface area contributed by atoms with Crippen LogP contribution in [-0.4, -0.2) is 84.9 Å². The highest BCUT2D eigenvalue weighted by Gasteiger charge is 2.40. The number of aryl methyl sites for hydroxylation is 1. The van der Waals surface area contributed by atoms with Crippen molar-refractivity contribution in [2.45, 2.75) is 89.9 Å². The number of aldehydes is 1. The van der Waals surface area contributed by atoms with Gasteiger partial charge in [0.1, 0.15) is 12.3 Å². The molecule has 2 aliphatic rings. The molecule has 5 aromatic rings. The average molecular weight is 880 g/mol. The first-order valence-corrected chi connectivity index (χ1v) is 22.2. The average Bonchev–Trinajstić information content (AvgIpc) is 3.64. The predicted molar refractivity (Wildman–Crippen MR) is 250 cm³/mol. The lowest BCUT2D eigenvalue weighted by Gasteiger charge is -2.29. The molecule has 2 aliphatic heterocycles. The number of benzene rings is 4. The Morgan fingerprint density at radius 3 is 2.49 bits per heavy atom. The zero-order valence-electron chi connectivity index (χ0n) is 37.7. The van der Waals surface area contributed by atoms with Gasteiger partial charge in [0.2, 0.25) is 11.8 Å². The lowest BCUT2D eigenvalue weighted by molar-refractivity contribution is -0.137. The number of ether oxygens (including phenoxy) is 3. The molecule has 0 spiro atoms. The van der Waals surface area contributed by atoms with E-state index >= 15 is 0 Å². The summed E-state index contributed by atoms with van der Waals surface area (Å²) in [4.78, 5) is 69.7. The van der Waals surface area contributed by atoms with Gasteiger partial charge in [0.05, 0.1) is 24.6 Å². The molecule has 3 heterocycles. The van der Waals surface area contributed by atoms with Crippen molar-refractivity contribution in [3.63, 3.8) is 0 Å². The standard InChI is InChI=1S/C52H57N5O8/c1-33(13-11-16-35-17-12-18-37-31-57(51(62)48(35)37)43-22-24-46(59)55-50(43)61)64-28-26-52(2,3)56-47(60)32-65-44-23-21-36(29-45(44)63-5)40-30-42(34-14-7-6-8-15-34)54-49(38(40)25-27-58)39-19-9-10-20-41(39)53-4/h6-10,12,14-15,17-21,23,27,29-30,33,43,53H,11,13,16,22,24-26,28,31-32H2,1-5H3,(H,56,60)(H,55,59,61). The van der Waals surface area contributed by atoms with Gasteiger partial charge in [-0.05, 0) is 105 Å². The highest BCUT2D eigenvalue weighted by molar-refractivity contribution is 6.06. The third kappa shape index (κ3) is 10.9. The number of amides is 4. The van der Waals surface area contributed by atoms with E-state index in [0.717, 1.165) is 69.5 Å². The fourth-order valence-electron chi connectivity index (χ4n) is 8.66. The highest BCUT2D eigenvalue weighted by Crippen LogP contribution is 2.40. The summed E-state index contributed by atoms with van der Waals surface area (Å²) in [6.07, 6.45) is 4.37. The number of anilines is 1. The van der Waals surface area contributed by atoms with Crippen LogP contribution in [0, 0.1) is 0 Å². The second-order valence-corrected chi connectivity index (χ2v) is 17.2. The Balaban J connectivity index is 0.931. The van der Waals surface area contributed by atoms with Crippen molar-refractivity contribution >= 4 is 35.6 Å². The molecule has 13 heteroatoms. The molecule has 0 bridgehead atoms. The Kier molecular flexibility index (Phi) is 14.7. The largest absolute Gasteiger partial charge is 0.493 e. The van der Waals surface area contributed by atoms with Crippen LogP contribution in [0.1, 0.15) is 79.9 Å². The predicted octanol–water partition coefficient (Wildman–Crippen LogP) is 7.73. The number of fused-ring (bicyclic) bond motifs is 1. The van der Waals surface area contributed by atoms with Crippen molar-refractivity contribution in [3.8, 4) is 45.1 Å². The third-order valence-corrected chi connectivity index (χ3v) is 12.1. The van der Waals surface area contributed by atoms with Gasteiger partial charge in [0.15, 0.2) is 18.1 Å². The summed E-state index contributed by atoms with van der Waals surface area (Å²) in [5.41, 5.74) is 8.46. The molecular weight excluding hydrogens is 823 g/mol. The maximum absolute atomic E-state index is 13.5. The quantitative estimate of drug-likeness (QED) is 0.0521. The Morgan fingerprint density at radius 1 is 0.954 bits per heavy atom. The van der Waals surface area contributed by atoms with Crippen LogP contribution in [0.15, 0.2) is 97.1 Å². The topological polar surface area (TPSA) is 165 Å². The number of nitrogens with zero attached hydrogens (tertiary/aromatic N) is 2. The van der Waals surface area contributed by atoms with Gasteiger partial charge in [-0.1, -0.05) is 72.8 Å². The van der Waals surface area contributed by atoms with Gasteiger partial charge in [-0.15, -0.1) is 0 Å². The number of imide groups is 1. The monoisotopic (exact) mass is 879 g/mol. The number of methoxy groups -OCH3 is 1. The Labute approximate surface area is 380 Å². The molecule has 0 radical (unpaired) electrons. The number of hydrogen-bond donors (Lipinski definition) is 3. The van der Waals surface area contributed by atoms with E-state index in [2.05, 4.69) is 16.0 Å². The SMILES string of the molecule is CNc1ccccc1-c1nc(-c2ccccc2)cc(-c2ccc(OCC(=O)NC(C)(C)CCOC(C)CCCc3cccc4c3C(=O)N(C3CCC(=O)NC3=O)C4)c(OC)c2)c1CC=O. The van der Waals surface area contributed by atoms with E-state index in [1.807, 2.05) is 119 Å². The molecule has 3 N–H and O–H groups in total. The number of carbonyl (C=O) groups is 5. The Bertz CT molecular complexity index is 2560. The molecule has 13 nitrogen and oxygen atoms in total. The van der Waals surface area contributed by atoms with Crippen LogP contribution in [-0.2, 0) is 43.3 Å². The second kappa shape index (κ2) is 20.8. The summed E-state index contributed by atoms with van der Waals surface area (Å²) in [6, 6.07) is 30.5. The van der Waals surface area contributed by atoms with Gasteiger partial charge >= 0.3 is 0 Å². The number of para-hydroxylation sites is 1. The van der Waals surface area contributed by atoms with E-state index in [9.17, 15) is 24.0 Å². The molecule has 1 fully saturated rings. The smallest absolute Gasteiger partial charge is 0.258 e. The maximum atomic E-state index is 13.5. The van der Waals surface area contributed by atoms with Crippen LogP contribution in [0.3, 0.4) is 0 Å². The van der Waals surface area contributed by atoms with Gasteiger partial charge in [0.25, 0.3) is 11.8 Å². The fraction of sp³-hybridized carbons (Fsp3) is 0.346. The molecule has 1 aromatic heterocycles. The first-order valence-electron chi connectivity index (χ1n) is 22.2. The maximum Gasteiger partial charge on any atom is 0.258 e. The zero-order valence-corrected chi connectivity index (χ0v) is 37.7. The van der Waals surface area contributed by atoms with Crippen molar-refractivity contribution in [1.82, 2.24) is 20.5 Å². The van der Waals surface area contributed by atoms with Crippen molar-refractivity contribution in [2.24, 2.45) is 0 Å². The van der Waals surface area contributed by atoms with Crippen LogP contribution in [0.5, 0.6) is 11.5 Å². The molecule has 4 amide bonds. The van der Waals surface area contributed by atoms with Crippen molar-refractivity contribution < 1.29 is 38.2 Å². The molecule has 2 atom stereocenters. The zero-order chi connectivity index (χ0) is 46.1. The fourth-order valence-corrected chi connectivity index (χ4v) is 8.66. The van der Waals surface area contributed by atoms with Crippen LogP contribution in [0.2, 0.25) is 0 Å². The summed E-state index contributed by atoms with van der Waals surface area (Å²) in [7, 11) is 3.41. The summed E-state index contributed by atoms with van der Waals surface area (Å²) >= 11 is 0. The van der Waals surface area contributed by atoms with E-state index in [1.54, 1.807) is 18.1 Å². The van der Waals surface area contributed by atoms with Crippen LogP contribution in [0.4, 0.5) is 5.69 Å². The van der Waals surface area contributed by atoms with Crippen LogP contribution < -0.4 is 25.4 Å². The van der Waals surface area contributed by atoms with E-state index in [1.165, 1.54) is 0 Å². The minimum absolute atomic E-state index is 0.0463. The lowest BCUT2D eigenvalue weighted by Crippen LogP contribution is -2.52. The van der Waals surface area contributed by atoms with E-state index in [-0.39, 0.29) is 43.3 Å². The minimum Gasteiger partial charge on any atom is -0.493 e. The lowest BCUT2D eigenvalue weighted by atomic mass is 9.91. The first-order chi connectivity index (χ1) is 31.4. The number of nitrogens with one attached hydrogen (secondary N) is 3. The molecule has 4 aromatic carbocycles. The molecular formula is C52H57N5O8. The van der Waals surface area contributed by atoms with Crippen LogP contribution in [0.25, 0.3) is 33.6 Å². The van der Waals surface area contributed by atoms with E-state index < -0.39 is 17.5 Å². The second-order valence-electron chi connectivity index (χ2n) is 17.2. The number of hydrogen-bond acceptors (Lipinski definition) is 10. The Morgan fingerprint density at radius 2 is 1.74 bits per heavy atom. The van der Waals surface area contributed by atoms with Crippen molar-refractivity contribution in [3.05, 3.63) is 119 Å². The summed E-state index contributed by atoms with van der Waals surface area (Å²) in [5, 5.41) is 8.69. The summed E-state index contributed by atoms with van der Waals surface area (Å²) < 4.78 is 18.0. The van der Waals surface area contributed by atoms with Gasteiger partial charge in [-0.25, -0.2) is 4.98 Å².